The van der Waals surface area contributed by atoms with Crippen LogP contribution >= 0.6 is 7.82 Å². The molecule has 0 saturated heterocycles. The number of esters is 1. The van der Waals surface area contributed by atoms with Crippen LogP contribution in [-0.4, -0.2) is 70.7 Å². The molecule has 0 aliphatic heterocycles. The standard InChI is InChI=1S/C45H92NO7P/c1-6-8-10-12-14-16-17-18-19-20-21-22-23-24-25-26-27-28-29-30-31-33-35-37-40-50-42-44(43-52-54(48,49)51-41-39-46(3,4)5)53-45(47)38-36-34-32-15-13-11-9-7-2/h44H,6-43H2,1-5H3. The molecule has 9 heteroatoms. The first-order valence-electron chi connectivity index (χ1n) is 23.3. The molecule has 0 bridgehead atoms. The number of phosphoric ester groups is 1. The van der Waals surface area contributed by atoms with Gasteiger partial charge in [0.25, 0.3) is 7.82 Å². The second-order valence-electron chi connectivity index (χ2n) is 17.1. The van der Waals surface area contributed by atoms with E-state index in [1.165, 1.54) is 173 Å². The number of carbonyl (C=O) groups is 1. The molecular weight excluding hydrogens is 697 g/mol. The van der Waals surface area contributed by atoms with Crippen LogP contribution in [0.3, 0.4) is 0 Å². The summed E-state index contributed by atoms with van der Waals surface area (Å²) in [6, 6.07) is 0. The van der Waals surface area contributed by atoms with E-state index < -0.39 is 13.9 Å². The Morgan fingerprint density at radius 2 is 0.852 bits per heavy atom. The molecule has 0 aromatic carbocycles. The van der Waals surface area contributed by atoms with Crippen molar-refractivity contribution in [2.75, 3.05) is 54.1 Å². The number of rotatable bonds is 44. The van der Waals surface area contributed by atoms with Gasteiger partial charge in [-0.3, -0.25) is 9.36 Å². The summed E-state index contributed by atoms with van der Waals surface area (Å²) in [6.07, 6.45) is 41.4. The SMILES string of the molecule is CCCCCCCCCCCCCCCCCCCCCCCCCCOCC(COP(=O)([O-])OCC[N+](C)(C)C)OC(=O)CCCCCCCCCC. The minimum absolute atomic E-state index is 0.0310. The lowest BCUT2D eigenvalue weighted by molar-refractivity contribution is -0.870. The third-order valence-corrected chi connectivity index (χ3v) is 11.4. The predicted molar refractivity (Wildman–Crippen MR) is 227 cm³/mol. The van der Waals surface area contributed by atoms with Crippen molar-refractivity contribution in [2.45, 2.75) is 232 Å². The van der Waals surface area contributed by atoms with Crippen molar-refractivity contribution in [2.24, 2.45) is 0 Å². The van der Waals surface area contributed by atoms with Crippen LogP contribution < -0.4 is 4.89 Å². The lowest BCUT2D eigenvalue weighted by Crippen LogP contribution is -2.37. The van der Waals surface area contributed by atoms with Crippen molar-refractivity contribution in [3.05, 3.63) is 0 Å². The number of nitrogens with zero attached hydrogens (tertiary/aromatic N) is 1. The van der Waals surface area contributed by atoms with Gasteiger partial charge in [-0.15, -0.1) is 0 Å². The molecule has 2 atom stereocenters. The average Bonchev–Trinajstić information content (AvgIpc) is 3.12. The second-order valence-corrected chi connectivity index (χ2v) is 18.5. The van der Waals surface area contributed by atoms with Gasteiger partial charge in [0.1, 0.15) is 19.3 Å². The summed E-state index contributed by atoms with van der Waals surface area (Å²) < 4.78 is 34.5. The van der Waals surface area contributed by atoms with E-state index in [2.05, 4.69) is 13.8 Å². The molecule has 0 aromatic rings. The first kappa shape index (κ1) is 53.5. The lowest BCUT2D eigenvalue weighted by Gasteiger charge is -2.28. The van der Waals surface area contributed by atoms with E-state index in [0.717, 1.165) is 32.1 Å². The summed E-state index contributed by atoms with van der Waals surface area (Å²) in [4.78, 5) is 24.9. The highest BCUT2D eigenvalue weighted by molar-refractivity contribution is 7.45. The van der Waals surface area contributed by atoms with Crippen LogP contribution in [0.25, 0.3) is 0 Å². The maximum atomic E-state index is 12.6. The summed E-state index contributed by atoms with van der Waals surface area (Å²) >= 11 is 0. The fourth-order valence-corrected chi connectivity index (χ4v) is 7.51. The second kappa shape index (κ2) is 39.3. The molecule has 8 nitrogen and oxygen atoms in total. The van der Waals surface area contributed by atoms with E-state index >= 15 is 0 Å². The van der Waals surface area contributed by atoms with E-state index in [4.69, 9.17) is 18.5 Å². The topological polar surface area (TPSA) is 94.1 Å². The molecule has 0 saturated carbocycles. The highest BCUT2D eigenvalue weighted by atomic mass is 31.2. The molecular formula is C45H92NO7P. The quantitative estimate of drug-likeness (QED) is 0.0262. The van der Waals surface area contributed by atoms with Gasteiger partial charge in [0.15, 0.2) is 0 Å². The zero-order valence-electron chi connectivity index (χ0n) is 36.7. The van der Waals surface area contributed by atoms with Crippen LogP contribution in [0.5, 0.6) is 0 Å². The molecule has 0 fully saturated rings. The first-order valence-corrected chi connectivity index (χ1v) is 24.7. The molecule has 2 unspecified atom stereocenters. The van der Waals surface area contributed by atoms with Crippen LogP contribution in [0.1, 0.15) is 226 Å². The van der Waals surface area contributed by atoms with Crippen LogP contribution in [0.2, 0.25) is 0 Å². The van der Waals surface area contributed by atoms with E-state index in [1.807, 2.05) is 21.1 Å². The number of ether oxygens (including phenoxy) is 2. The molecule has 0 aromatic heterocycles. The van der Waals surface area contributed by atoms with Crippen molar-refractivity contribution in [1.29, 1.82) is 0 Å². The normalized spacial score (nSPS) is 13.7. The molecule has 54 heavy (non-hydrogen) atoms. The Bertz CT molecular complexity index is 837. The average molecular weight is 790 g/mol. The minimum atomic E-state index is -4.51. The third-order valence-electron chi connectivity index (χ3n) is 10.4. The molecule has 0 spiro atoms. The number of carbonyl (C=O) groups excluding carboxylic acids is 1. The van der Waals surface area contributed by atoms with E-state index in [9.17, 15) is 14.3 Å². The molecule has 0 aliphatic rings. The Balaban J connectivity index is 3.94. The van der Waals surface area contributed by atoms with Crippen molar-refractivity contribution in [3.63, 3.8) is 0 Å². The van der Waals surface area contributed by atoms with Crippen molar-refractivity contribution in [3.8, 4) is 0 Å². The van der Waals surface area contributed by atoms with Crippen molar-refractivity contribution >= 4 is 13.8 Å². The van der Waals surface area contributed by atoms with Gasteiger partial charge >= 0.3 is 5.97 Å². The van der Waals surface area contributed by atoms with Gasteiger partial charge < -0.3 is 27.9 Å². The van der Waals surface area contributed by atoms with E-state index in [1.54, 1.807) is 0 Å². The zero-order valence-corrected chi connectivity index (χ0v) is 37.6. The molecule has 0 radical (unpaired) electrons. The Labute approximate surface area is 336 Å². The van der Waals surface area contributed by atoms with Crippen LogP contribution in [0.4, 0.5) is 0 Å². The fourth-order valence-electron chi connectivity index (χ4n) is 6.78. The number of unbranched alkanes of at least 4 members (excludes halogenated alkanes) is 30. The fraction of sp³-hybridized carbons (Fsp3) is 0.978. The molecule has 0 rings (SSSR count). The summed E-state index contributed by atoms with van der Waals surface area (Å²) in [7, 11) is 1.37. The molecule has 324 valence electrons. The Hall–Kier alpha value is -0.500. The molecule has 0 aliphatic carbocycles. The largest absolute Gasteiger partial charge is 0.756 e. The number of quaternary nitrogens is 1. The van der Waals surface area contributed by atoms with Crippen LogP contribution in [0, 0.1) is 0 Å². The van der Waals surface area contributed by atoms with Gasteiger partial charge in [-0.05, 0) is 12.8 Å². The Morgan fingerprint density at radius 1 is 0.500 bits per heavy atom. The monoisotopic (exact) mass is 790 g/mol. The van der Waals surface area contributed by atoms with Gasteiger partial charge in [-0.25, -0.2) is 0 Å². The predicted octanol–water partition coefficient (Wildman–Crippen LogP) is 13.0. The van der Waals surface area contributed by atoms with Gasteiger partial charge in [0, 0.05) is 13.0 Å². The Morgan fingerprint density at radius 3 is 1.22 bits per heavy atom. The maximum Gasteiger partial charge on any atom is 0.306 e. The number of hydrogen-bond acceptors (Lipinski definition) is 7. The Kier molecular flexibility index (Phi) is 39.0. The first-order chi connectivity index (χ1) is 26.1. The van der Waals surface area contributed by atoms with Crippen molar-refractivity contribution in [1.82, 2.24) is 0 Å². The number of likely N-dealkylation sites (N-methyl/N-ethyl adjacent to an activating group) is 1. The summed E-state index contributed by atoms with van der Waals surface area (Å²) in [5, 5.41) is 0. The van der Waals surface area contributed by atoms with Crippen LogP contribution in [0.15, 0.2) is 0 Å². The molecule has 0 heterocycles. The number of phosphoric acid groups is 1. The summed E-state index contributed by atoms with van der Waals surface area (Å²) in [5.41, 5.74) is 0. The summed E-state index contributed by atoms with van der Waals surface area (Å²) in [5.74, 6) is -0.334. The van der Waals surface area contributed by atoms with Gasteiger partial charge in [-0.2, -0.15) is 0 Å². The highest BCUT2D eigenvalue weighted by Crippen LogP contribution is 2.38. The lowest BCUT2D eigenvalue weighted by atomic mass is 10.0. The molecule has 0 amide bonds. The maximum absolute atomic E-state index is 12.6. The van der Waals surface area contributed by atoms with Gasteiger partial charge in [-0.1, -0.05) is 206 Å². The zero-order chi connectivity index (χ0) is 39.9. The summed E-state index contributed by atoms with van der Waals surface area (Å²) in [6.45, 7) is 5.43. The smallest absolute Gasteiger partial charge is 0.306 e. The highest BCUT2D eigenvalue weighted by Gasteiger charge is 2.20. The van der Waals surface area contributed by atoms with E-state index in [0.29, 0.717) is 24.1 Å². The van der Waals surface area contributed by atoms with Gasteiger partial charge in [0.2, 0.25) is 0 Å². The van der Waals surface area contributed by atoms with Crippen molar-refractivity contribution < 1.29 is 37.3 Å². The van der Waals surface area contributed by atoms with E-state index in [-0.39, 0.29) is 25.8 Å². The third kappa shape index (κ3) is 42.6. The number of hydrogen-bond donors (Lipinski definition) is 0. The molecule has 0 N–H and O–H groups in total. The van der Waals surface area contributed by atoms with Gasteiger partial charge in [0.05, 0.1) is 34.4 Å². The van der Waals surface area contributed by atoms with Crippen LogP contribution in [-0.2, 0) is 27.9 Å². The minimum Gasteiger partial charge on any atom is -0.756 e.